The van der Waals surface area contributed by atoms with Crippen molar-refractivity contribution in [2.24, 2.45) is 18.2 Å². The van der Waals surface area contributed by atoms with Crippen LogP contribution in [0.3, 0.4) is 0 Å². The van der Waals surface area contributed by atoms with Crippen molar-refractivity contribution in [1.82, 2.24) is 20.2 Å². The summed E-state index contributed by atoms with van der Waals surface area (Å²) in [6.07, 6.45) is 1.57. The maximum atomic E-state index is 5.99. The van der Waals surface area contributed by atoms with Gasteiger partial charge >= 0.3 is 0 Å². The zero-order valence-corrected chi connectivity index (χ0v) is 10.9. The number of para-hydroxylation sites is 1. The summed E-state index contributed by atoms with van der Waals surface area (Å²) in [7, 11) is 1.76. The van der Waals surface area contributed by atoms with Gasteiger partial charge in [-0.2, -0.15) is 4.80 Å². The van der Waals surface area contributed by atoms with Crippen molar-refractivity contribution >= 4 is 0 Å². The number of aryl methyl sites for hydroxylation is 1. The van der Waals surface area contributed by atoms with E-state index in [1.54, 1.807) is 7.05 Å². The average molecular weight is 259 g/mol. The number of ether oxygens (including phenoxy) is 1. The molecule has 0 fully saturated rings. The summed E-state index contributed by atoms with van der Waals surface area (Å²) < 4.78 is 5.85. The topological polar surface area (TPSA) is 78.9 Å². The van der Waals surface area contributed by atoms with Gasteiger partial charge in [-0.1, -0.05) is 18.2 Å². The van der Waals surface area contributed by atoms with Crippen molar-refractivity contribution in [3.05, 3.63) is 35.7 Å². The lowest BCUT2D eigenvalue weighted by molar-refractivity contribution is 0.124. The maximum Gasteiger partial charge on any atom is 0.175 e. The standard InChI is InChI=1S/C13H17N5O/c1-18-16-12(15-17-18)7-13(8-14)6-10-4-2-3-5-11(10)19-9-13/h2-5H,6-9,14H2,1H3. The predicted octanol–water partition coefficient (Wildman–Crippen LogP) is 0.333. The van der Waals surface area contributed by atoms with Crippen molar-refractivity contribution in [3.63, 3.8) is 0 Å². The van der Waals surface area contributed by atoms with Crippen LogP contribution in [0, 0.1) is 5.41 Å². The highest BCUT2D eigenvalue weighted by molar-refractivity contribution is 5.36. The van der Waals surface area contributed by atoms with Crippen LogP contribution in [0.2, 0.25) is 0 Å². The number of benzene rings is 1. The van der Waals surface area contributed by atoms with E-state index in [1.165, 1.54) is 10.4 Å². The first-order valence-electron chi connectivity index (χ1n) is 6.34. The van der Waals surface area contributed by atoms with Crippen LogP contribution in [0.25, 0.3) is 0 Å². The minimum absolute atomic E-state index is 0.141. The fraction of sp³-hybridized carbons (Fsp3) is 0.462. The Labute approximate surface area is 111 Å². The van der Waals surface area contributed by atoms with Crippen LogP contribution >= 0.6 is 0 Å². The molecule has 1 aliphatic rings. The molecule has 0 radical (unpaired) electrons. The van der Waals surface area contributed by atoms with Gasteiger partial charge in [0.05, 0.1) is 13.7 Å². The SMILES string of the molecule is Cn1nnc(CC2(CN)COc3ccccc3C2)n1. The number of nitrogens with zero attached hydrogens (tertiary/aromatic N) is 4. The highest BCUT2D eigenvalue weighted by Crippen LogP contribution is 2.35. The number of hydrogen-bond donors (Lipinski definition) is 1. The molecule has 1 aromatic heterocycles. The van der Waals surface area contributed by atoms with Gasteiger partial charge in [0.2, 0.25) is 0 Å². The normalized spacial score (nSPS) is 21.8. The molecule has 2 aromatic rings. The first-order valence-corrected chi connectivity index (χ1v) is 6.34. The van der Waals surface area contributed by atoms with Crippen LogP contribution in [-0.2, 0) is 19.9 Å². The van der Waals surface area contributed by atoms with E-state index in [1.807, 2.05) is 18.2 Å². The molecule has 1 aromatic carbocycles. The smallest absolute Gasteiger partial charge is 0.175 e. The molecular formula is C13H17N5O. The van der Waals surface area contributed by atoms with Gasteiger partial charge in [0.25, 0.3) is 0 Å². The monoisotopic (exact) mass is 259 g/mol. The molecular weight excluding hydrogens is 242 g/mol. The molecule has 0 saturated heterocycles. The zero-order valence-electron chi connectivity index (χ0n) is 10.9. The molecule has 3 rings (SSSR count). The Balaban J connectivity index is 1.85. The van der Waals surface area contributed by atoms with E-state index in [-0.39, 0.29) is 5.41 Å². The third-order valence-electron chi connectivity index (χ3n) is 3.59. The Hall–Kier alpha value is -1.95. The fourth-order valence-electron chi connectivity index (χ4n) is 2.52. The molecule has 19 heavy (non-hydrogen) atoms. The second-order valence-corrected chi connectivity index (χ2v) is 5.15. The lowest BCUT2D eigenvalue weighted by Gasteiger charge is -2.36. The van der Waals surface area contributed by atoms with Gasteiger partial charge in [-0.05, 0) is 23.3 Å². The van der Waals surface area contributed by atoms with E-state index < -0.39 is 0 Å². The maximum absolute atomic E-state index is 5.99. The summed E-state index contributed by atoms with van der Waals surface area (Å²) >= 11 is 0. The number of fused-ring (bicyclic) bond motifs is 1. The molecule has 6 nitrogen and oxygen atoms in total. The third-order valence-corrected chi connectivity index (χ3v) is 3.59. The van der Waals surface area contributed by atoms with E-state index in [4.69, 9.17) is 10.5 Å². The second-order valence-electron chi connectivity index (χ2n) is 5.15. The molecule has 0 aliphatic carbocycles. The van der Waals surface area contributed by atoms with Crippen LogP contribution < -0.4 is 10.5 Å². The van der Waals surface area contributed by atoms with E-state index in [2.05, 4.69) is 21.5 Å². The average Bonchev–Trinajstić information content (AvgIpc) is 2.84. The van der Waals surface area contributed by atoms with Gasteiger partial charge in [0.1, 0.15) is 5.75 Å². The van der Waals surface area contributed by atoms with Gasteiger partial charge in [-0.25, -0.2) is 0 Å². The van der Waals surface area contributed by atoms with E-state index in [0.29, 0.717) is 19.6 Å². The number of nitrogens with two attached hydrogens (primary N) is 1. The predicted molar refractivity (Wildman–Crippen MR) is 69.6 cm³/mol. The minimum atomic E-state index is -0.141. The summed E-state index contributed by atoms with van der Waals surface area (Å²) in [4.78, 5) is 1.47. The molecule has 0 spiro atoms. The molecule has 100 valence electrons. The Morgan fingerprint density at radius 1 is 1.42 bits per heavy atom. The van der Waals surface area contributed by atoms with Crippen molar-refractivity contribution in [1.29, 1.82) is 0 Å². The Kier molecular flexibility index (Phi) is 2.94. The van der Waals surface area contributed by atoms with Crippen molar-refractivity contribution in [2.75, 3.05) is 13.2 Å². The van der Waals surface area contributed by atoms with E-state index >= 15 is 0 Å². The van der Waals surface area contributed by atoms with Gasteiger partial charge in [-0.15, -0.1) is 10.2 Å². The van der Waals surface area contributed by atoms with Gasteiger partial charge in [0.15, 0.2) is 5.82 Å². The lowest BCUT2D eigenvalue weighted by atomic mass is 9.77. The van der Waals surface area contributed by atoms with Crippen molar-refractivity contribution < 1.29 is 4.74 Å². The lowest BCUT2D eigenvalue weighted by Crippen LogP contribution is -2.43. The number of tetrazole rings is 1. The molecule has 2 heterocycles. The number of rotatable bonds is 3. The Morgan fingerprint density at radius 3 is 3.00 bits per heavy atom. The second kappa shape index (κ2) is 4.62. The minimum Gasteiger partial charge on any atom is -0.493 e. The highest BCUT2D eigenvalue weighted by Gasteiger charge is 2.36. The first-order chi connectivity index (χ1) is 9.21. The molecule has 0 bridgehead atoms. The van der Waals surface area contributed by atoms with E-state index in [0.717, 1.165) is 18.0 Å². The van der Waals surface area contributed by atoms with Crippen molar-refractivity contribution in [3.8, 4) is 5.75 Å². The van der Waals surface area contributed by atoms with Crippen LogP contribution in [-0.4, -0.2) is 33.4 Å². The summed E-state index contributed by atoms with van der Waals surface area (Å²) in [6.45, 7) is 1.14. The summed E-state index contributed by atoms with van der Waals surface area (Å²) in [6, 6.07) is 8.09. The van der Waals surface area contributed by atoms with Crippen LogP contribution in [0.1, 0.15) is 11.4 Å². The van der Waals surface area contributed by atoms with E-state index in [9.17, 15) is 0 Å². The number of hydrogen-bond acceptors (Lipinski definition) is 5. The van der Waals surface area contributed by atoms with Crippen molar-refractivity contribution in [2.45, 2.75) is 12.8 Å². The molecule has 2 N–H and O–H groups in total. The summed E-state index contributed by atoms with van der Waals surface area (Å²) in [5.41, 5.74) is 7.04. The molecule has 1 atom stereocenters. The van der Waals surface area contributed by atoms with Crippen LogP contribution in [0.4, 0.5) is 0 Å². The quantitative estimate of drug-likeness (QED) is 0.859. The Morgan fingerprint density at radius 2 is 2.26 bits per heavy atom. The first kappa shape index (κ1) is 12.1. The van der Waals surface area contributed by atoms with Crippen LogP contribution in [0.15, 0.2) is 24.3 Å². The van der Waals surface area contributed by atoms with Gasteiger partial charge in [0, 0.05) is 18.4 Å². The molecule has 0 saturated carbocycles. The molecule has 1 aliphatic heterocycles. The van der Waals surface area contributed by atoms with Crippen LogP contribution in [0.5, 0.6) is 5.75 Å². The van der Waals surface area contributed by atoms with Gasteiger partial charge < -0.3 is 10.5 Å². The zero-order chi connectivity index (χ0) is 13.3. The Bertz CT molecular complexity index is 582. The molecule has 1 unspecified atom stereocenters. The largest absolute Gasteiger partial charge is 0.493 e. The summed E-state index contributed by atoms with van der Waals surface area (Å²) in [5.74, 6) is 1.68. The fourth-order valence-corrected chi connectivity index (χ4v) is 2.52. The highest BCUT2D eigenvalue weighted by atomic mass is 16.5. The third kappa shape index (κ3) is 2.31. The summed E-state index contributed by atoms with van der Waals surface area (Å²) in [5, 5.41) is 12.2. The molecule has 6 heteroatoms. The van der Waals surface area contributed by atoms with Gasteiger partial charge in [-0.3, -0.25) is 0 Å². The number of aromatic nitrogens is 4. The molecule has 0 amide bonds.